The monoisotopic (exact) mass is 440 g/mol. The number of nitrogen functional groups attached to an aromatic ring is 1. The van der Waals surface area contributed by atoms with Gasteiger partial charge in [-0.1, -0.05) is 43.5 Å². The zero-order chi connectivity index (χ0) is 23.8. The minimum Gasteiger partial charge on any atom is -0.489 e. The molecule has 1 heterocycles. The van der Waals surface area contributed by atoms with Crippen LogP contribution in [-0.4, -0.2) is 21.6 Å². The molecule has 3 rings (SSSR count). The van der Waals surface area contributed by atoms with Crippen molar-refractivity contribution in [2.24, 2.45) is 4.99 Å². The molecule has 0 spiro atoms. The van der Waals surface area contributed by atoms with Crippen LogP contribution in [0.1, 0.15) is 25.0 Å². The number of rotatable bonds is 9. The fraction of sp³-hybridized carbons (Fsp3) is 0.148. The summed E-state index contributed by atoms with van der Waals surface area (Å²) in [6.45, 7) is 11.8. The highest BCUT2D eigenvalue weighted by molar-refractivity contribution is 6.08. The van der Waals surface area contributed by atoms with Gasteiger partial charge in [0.05, 0.1) is 30.3 Å². The molecule has 3 aromatic rings. The summed E-state index contributed by atoms with van der Waals surface area (Å²) in [6, 6.07) is 18.4. The van der Waals surface area contributed by atoms with Crippen LogP contribution in [0.4, 0.5) is 5.69 Å². The molecule has 0 amide bonds. The standard InChI is InChI=1S/C27H28N4O2/c1-5-24(33-19(3)4)17-29-25(6-2)21-10-7-9-20(15-21)18-31-27(32)14-13-26(30-31)22-11-8-12-23(28)16-22/h5-17,19H,1-2,18,28H2,3-4H3/b24-17+,29-25+. The van der Waals surface area contributed by atoms with E-state index in [2.05, 4.69) is 23.2 Å². The number of hydrogen-bond donors (Lipinski definition) is 1. The second-order valence-electron chi connectivity index (χ2n) is 7.66. The van der Waals surface area contributed by atoms with Crippen molar-refractivity contribution in [2.75, 3.05) is 5.73 Å². The van der Waals surface area contributed by atoms with Crippen LogP contribution in [0.3, 0.4) is 0 Å². The van der Waals surface area contributed by atoms with Crippen LogP contribution >= 0.6 is 0 Å². The summed E-state index contributed by atoms with van der Waals surface area (Å²) in [4.78, 5) is 17.0. The number of ether oxygens (including phenoxy) is 1. The fourth-order valence-corrected chi connectivity index (χ4v) is 3.20. The first-order valence-electron chi connectivity index (χ1n) is 10.6. The number of anilines is 1. The molecule has 0 aliphatic rings. The van der Waals surface area contributed by atoms with Gasteiger partial charge in [-0.2, -0.15) is 5.10 Å². The minimum absolute atomic E-state index is 0.0221. The second kappa shape index (κ2) is 10.9. The van der Waals surface area contributed by atoms with Gasteiger partial charge in [-0.25, -0.2) is 4.68 Å². The van der Waals surface area contributed by atoms with Gasteiger partial charge >= 0.3 is 0 Å². The van der Waals surface area contributed by atoms with Crippen LogP contribution in [0.5, 0.6) is 0 Å². The first-order valence-corrected chi connectivity index (χ1v) is 10.6. The predicted octanol–water partition coefficient (Wildman–Crippen LogP) is 4.97. The molecule has 6 nitrogen and oxygen atoms in total. The van der Waals surface area contributed by atoms with Crippen LogP contribution in [-0.2, 0) is 11.3 Å². The lowest BCUT2D eigenvalue weighted by atomic mass is 10.1. The van der Waals surface area contributed by atoms with Gasteiger partial charge in [0.25, 0.3) is 5.56 Å². The van der Waals surface area contributed by atoms with Gasteiger partial charge in [0.1, 0.15) is 5.76 Å². The lowest BCUT2D eigenvalue weighted by Gasteiger charge is -2.10. The molecule has 0 unspecified atom stereocenters. The summed E-state index contributed by atoms with van der Waals surface area (Å²) in [7, 11) is 0. The Morgan fingerprint density at radius 3 is 2.61 bits per heavy atom. The first-order chi connectivity index (χ1) is 15.9. The zero-order valence-corrected chi connectivity index (χ0v) is 18.9. The molecule has 0 saturated carbocycles. The van der Waals surface area contributed by atoms with E-state index in [0.29, 0.717) is 29.4 Å². The molecule has 0 atom stereocenters. The maximum absolute atomic E-state index is 12.5. The molecule has 168 valence electrons. The Labute approximate surface area is 194 Å². The van der Waals surface area contributed by atoms with Crippen LogP contribution < -0.4 is 11.3 Å². The van der Waals surface area contributed by atoms with E-state index in [1.165, 1.54) is 10.7 Å². The van der Waals surface area contributed by atoms with Gasteiger partial charge in [-0.15, -0.1) is 0 Å². The van der Waals surface area contributed by atoms with E-state index in [4.69, 9.17) is 10.5 Å². The molecule has 0 aliphatic heterocycles. The Morgan fingerprint density at radius 1 is 1.12 bits per heavy atom. The first kappa shape index (κ1) is 23.5. The second-order valence-corrected chi connectivity index (χ2v) is 7.66. The average molecular weight is 441 g/mol. The van der Waals surface area contributed by atoms with Gasteiger partial charge in [-0.05, 0) is 55.8 Å². The third-order valence-electron chi connectivity index (χ3n) is 4.70. The number of nitrogens with zero attached hydrogens (tertiary/aromatic N) is 3. The van der Waals surface area contributed by atoms with E-state index in [-0.39, 0.29) is 11.7 Å². The smallest absolute Gasteiger partial charge is 0.267 e. The Balaban J connectivity index is 1.89. The summed E-state index contributed by atoms with van der Waals surface area (Å²) in [5, 5.41) is 4.53. The molecule has 6 heteroatoms. The number of nitrogens with two attached hydrogens (primary N) is 1. The predicted molar refractivity (Wildman–Crippen MR) is 135 cm³/mol. The third kappa shape index (κ3) is 6.40. The van der Waals surface area contributed by atoms with Crippen molar-refractivity contribution < 1.29 is 4.74 Å². The van der Waals surface area contributed by atoms with E-state index < -0.39 is 0 Å². The highest BCUT2D eigenvalue weighted by Crippen LogP contribution is 2.18. The highest BCUT2D eigenvalue weighted by Gasteiger charge is 2.07. The quantitative estimate of drug-likeness (QED) is 0.220. The van der Waals surface area contributed by atoms with Crippen molar-refractivity contribution in [3.8, 4) is 11.3 Å². The third-order valence-corrected chi connectivity index (χ3v) is 4.70. The minimum atomic E-state index is -0.185. The number of benzene rings is 2. The van der Waals surface area contributed by atoms with E-state index >= 15 is 0 Å². The SMILES string of the molecule is C=C/C(=C\N=C(/C=C)c1cccc(Cn2nc(-c3cccc(N)c3)ccc2=O)c1)OC(C)C. The number of aromatic nitrogens is 2. The Hall–Kier alpha value is -4.19. The lowest BCUT2D eigenvalue weighted by molar-refractivity contribution is 0.157. The summed E-state index contributed by atoms with van der Waals surface area (Å²) in [5.41, 5.74) is 10.3. The van der Waals surface area contributed by atoms with Crippen molar-refractivity contribution in [2.45, 2.75) is 26.5 Å². The molecule has 0 aliphatic carbocycles. The number of allylic oxidation sites excluding steroid dienone is 2. The molecule has 0 saturated heterocycles. The topological polar surface area (TPSA) is 82.5 Å². The van der Waals surface area contributed by atoms with Gasteiger partial charge in [0.2, 0.25) is 0 Å². The van der Waals surface area contributed by atoms with Gasteiger partial charge in [0.15, 0.2) is 0 Å². The van der Waals surface area contributed by atoms with Crippen molar-refractivity contribution in [1.29, 1.82) is 0 Å². The molecule has 2 N–H and O–H groups in total. The average Bonchev–Trinajstić information content (AvgIpc) is 2.80. The molecule has 0 fully saturated rings. The molecule has 1 aromatic heterocycles. The molecule has 2 aromatic carbocycles. The number of aliphatic imine (C=N–C) groups is 1. The maximum atomic E-state index is 12.5. The molecule has 0 radical (unpaired) electrons. The van der Waals surface area contributed by atoms with Crippen molar-refractivity contribution in [3.63, 3.8) is 0 Å². The van der Waals surface area contributed by atoms with E-state index in [1.807, 2.05) is 62.4 Å². The fourth-order valence-electron chi connectivity index (χ4n) is 3.20. The molecular weight excluding hydrogens is 412 g/mol. The van der Waals surface area contributed by atoms with Gasteiger partial charge in [-0.3, -0.25) is 9.79 Å². The zero-order valence-electron chi connectivity index (χ0n) is 18.9. The van der Waals surface area contributed by atoms with Crippen molar-refractivity contribution in [1.82, 2.24) is 9.78 Å². The summed E-state index contributed by atoms with van der Waals surface area (Å²) < 4.78 is 7.09. The summed E-state index contributed by atoms with van der Waals surface area (Å²) in [6.07, 6.45) is 4.94. The Morgan fingerprint density at radius 2 is 1.91 bits per heavy atom. The van der Waals surface area contributed by atoms with Gasteiger partial charge in [0, 0.05) is 22.9 Å². The van der Waals surface area contributed by atoms with Crippen LogP contribution in [0.2, 0.25) is 0 Å². The van der Waals surface area contributed by atoms with Crippen LogP contribution in [0.25, 0.3) is 11.3 Å². The largest absolute Gasteiger partial charge is 0.489 e. The van der Waals surface area contributed by atoms with E-state index in [1.54, 1.807) is 24.4 Å². The van der Waals surface area contributed by atoms with Crippen molar-refractivity contribution >= 4 is 11.4 Å². The van der Waals surface area contributed by atoms with Crippen molar-refractivity contribution in [3.05, 3.63) is 119 Å². The highest BCUT2D eigenvalue weighted by atomic mass is 16.5. The summed E-state index contributed by atoms with van der Waals surface area (Å²) in [5.74, 6) is 0.578. The normalized spacial score (nSPS) is 12.0. The van der Waals surface area contributed by atoms with Crippen LogP contribution in [0.15, 0.2) is 108 Å². The summed E-state index contributed by atoms with van der Waals surface area (Å²) >= 11 is 0. The van der Waals surface area contributed by atoms with Crippen LogP contribution in [0, 0.1) is 0 Å². The van der Waals surface area contributed by atoms with E-state index in [0.717, 1.165) is 16.7 Å². The maximum Gasteiger partial charge on any atom is 0.267 e. The van der Waals surface area contributed by atoms with E-state index in [9.17, 15) is 4.79 Å². The Kier molecular flexibility index (Phi) is 7.76. The molecular formula is C27H28N4O2. The Bertz CT molecular complexity index is 1270. The lowest BCUT2D eigenvalue weighted by Crippen LogP contribution is -2.23. The molecule has 0 bridgehead atoms. The molecule has 33 heavy (non-hydrogen) atoms. The van der Waals surface area contributed by atoms with Gasteiger partial charge < -0.3 is 10.5 Å². The number of hydrogen-bond acceptors (Lipinski definition) is 5.